The Hall–Kier alpha value is -2.50. The number of ether oxygens (including phenoxy) is 2. The zero-order chi connectivity index (χ0) is 15.5. The Kier molecular flexibility index (Phi) is 4.00. The first-order valence-corrected chi connectivity index (χ1v) is 7.25. The maximum atomic E-state index is 12.2. The van der Waals surface area contributed by atoms with Crippen molar-refractivity contribution in [3.05, 3.63) is 29.8 Å². The zero-order valence-electron chi connectivity index (χ0n) is 12.4. The van der Waals surface area contributed by atoms with E-state index in [1.807, 2.05) is 18.2 Å². The fourth-order valence-electron chi connectivity index (χ4n) is 2.53. The van der Waals surface area contributed by atoms with Crippen molar-refractivity contribution in [3.63, 3.8) is 0 Å². The molecule has 0 N–H and O–H groups in total. The average Bonchev–Trinajstić information content (AvgIpc) is 3.00. The lowest BCUT2D eigenvalue weighted by molar-refractivity contribution is -0.135. The molecule has 22 heavy (non-hydrogen) atoms. The summed E-state index contributed by atoms with van der Waals surface area (Å²) < 4.78 is 10.6. The van der Waals surface area contributed by atoms with Gasteiger partial charge in [-0.15, -0.1) is 0 Å². The van der Waals surface area contributed by atoms with Crippen LogP contribution in [0, 0.1) is 0 Å². The number of rotatable bonds is 2. The average molecular weight is 302 g/mol. The molecular weight excluding hydrogens is 284 g/mol. The standard InChI is InChI=1S/C16H18N2O4/c1-12(19)17-6-8-18(9-7-17)16(20)5-3-13-2-4-14-15(10-13)22-11-21-14/h2-5,10H,6-9,11H2,1H3. The van der Waals surface area contributed by atoms with Crippen LogP contribution in [0.4, 0.5) is 0 Å². The second kappa shape index (κ2) is 6.09. The zero-order valence-corrected chi connectivity index (χ0v) is 12.4. The third-order valence-electron chi connectivity index (χ3n) is 3.85. The van der Waals surface area contributed by atoms with E-state index in [-0.39, 0.29) is 18.6 Å². The number of amides is 2. The summed E-state index contributed by atoms with van der Waals surface area (Å²) in [6.07, 6.45) is 3.32. The van der Waals surface area contributed by atoms with Crippen molar-refractivity contribution in [1.82, 2.24) is 9.80 Å². The van der Waals surface area contributed by atoms with Crippen molar-refractivity contribution in [2.45, 2.75) is 6.92 Å². The maximum Gasteiger partial charge on any atom is 0.246 e. The first-order valence-electron chi connectivity index (χ1n) is 7.25. The van der Waals surface area contributed by atoms with Gasteiger partial charge in [-0.05, 0) is 23.8 Å². The SMILES string of the molecule is CC(=O)N1CCN(C(=O)C=Cc2ccc3c(c2)OCO3)CC1. The fraction of sp³-hybridized carbons (Fsp3) is 0.375. The lowest BCUT2D eigenvalue weighted by atomic mass is 10.2. The van der Waals surface area contributed by atoms with Crippen molar-refractivity contribution < 1.29 is 19.1 Å². The number of piperazine rings is 1. The number of carbonyl (C=O) groups excluding carboxylic acids is 2. The van der Waals surface area contributed by atoms with Crippen LogP contribution in [0.15, 0.2) is 24.3 Å². The quantitative estimate of drug-likeness (QED) is 0.768. The monoisotopic (exact) mass is 302 g/mol. The second-order valence-corrected chi connectivity index (χ2v) is 5.28. The van der Waals surface area contributed by atoms with Crippen molar-refractivity contribution in [1.29, 1.82) is 0 Å². The predicted molar refractivity (Wildman–Crippen MR) is 80.4 cm³/mol. The van der Waals surface area contributed by atoms with Crippen LogP contribution < -0.4 is 9.47 Å². The highest BCUT2D eigenvalue weighted by atomic mass is 16.7. The first-order chi connectivity index (χ1) is 10.6. The van der Waals surface area contributed by atoms with Crippen LogP contribution in [-0.2, 0) is 9.59 Å². The van der Waals surface area contributed by atoms with Gasteiger partial charge < -0.3 is 19.3 Å². The minimum atomic E-state index is -0.0409. The van der Waals surface area contributed by atoms with E-state index >= 15 is 0 Å². The lowest BCUT2D eigenvalue weighted by Crippen LogP contribution is -2.49. The van der Waals surface area contributed by atoms with E-state index in [0.29, 0.717) is 31.9 Å². The van der Waals surface area contributed by atoms with Gasteiger partial charge in [-0.1, -0.05) is 6.07 Å². The Morgan fingerprint density at radius 2 is 1.73 bits per heavy atom. The molecule has 1 aromatic carbocycles. The van der Waals surface area contributed by atoms with Gasteiger partial charge in [0.1, 0.15) is 0 Å². The molecule has 6 heteroatoms. The predicted octanol–water partition coefficient (Wildman–Crippen LogP) is 1.12. The van der Waals surface area contributed by atoms with E-state index in [9.17, 15) is 9.59 Å². The number of hydrogen-bond donors (Lipinski definition) is 0. The van der Waals surface area contributed by atoms with Crippen LogP contribution in [0.5, 0.6) is 11.5 Å². The van der Waals surface area contributed by atoms with Gasteiger partial charge in [-0.25, -0.2) is 0 Å². The summed E-state index contributed by atoms with van der Waals surface area (Å²) in [5.74, 6) is 1.44. The molecule has 1 saturated heterocycles. The molecule has 0 aromatic heterocycles. The van der Waals surface area contributed by atoms with Crippen molar-refractivity contribution >= 4 is 17.9 Å². The second-order valence-electron chi connectivity index (χ2n) is 5.28. The maximum absolute atomic E-state index is 12.2. The Morgan fingerprint density at radius 3 is 2.45 bits per heavy atom. The van der Waals surface area contributed by atoms with Crippen LogP contribution in [0.3, 0.4) is 0 Å². The van der Waals surface area contributed by atoms with E-state index in [1.54, 1.807) is 28.9 Å². The van der Waals surface area contributed by atoms with Crippen molar-refractivity contribution in [2.24, 2.45) is 0 Å². The molecule has 6 nitrogen and oxygen atoms in total. The largest absolute Gasteiger partial charge is 0.454 e. The summed E-state index contributed by atoms with van der Waals surface area (Å²) in [5, 5.41) is 0. The molecule has 116 valence electrons. The summed E-state index contributed by atoms with van der Waals surface area (Å²) in [5.41, 5.74) is 0.889. The molecule has 2 amide bonds. The van der Waals surface area contributed by atoms with Crippen LogP contribution in [-0.4, -0.2) is 54.6 Å². The van der Waals surface area contributed by atoms with Crippen molar-refractivity contribution in [2.75, 3.05) is 33.0 Å². The van der Waals surface area contributed by atoms with Crippen LogP contribution in [0.1, 0.15) is 12.5 Å². The van der Waals surface area contributed by atoms with Gasteiger partial charge in [0.15, 0.2) is 11.5 Å². The Labute approximate surface area is 128 Å². The van der Waals surface area contributed by atoms with E-state index in [2.05, 4.69) is 0 Å². The molecule has 0 bridgehead atoms. The minimum absolute atomic E-state index is 0.0409. The van der Waals surface area contributed by atoms with Gasteiger partial charge >= 0.3 is 0 Å². The highest BCUT2D eigenvalue weighted by molar-refractivity contribution is 5.92. The summed E-state index contributed by atoms with van der Waals surface area (Å²) in [7, 11) is 0. The van der Waals surface area contributed by atoms with Gasteiger partial charge in [0, 0.05) is 39.2 Å². The van der Waals surface area contributed by atoms with Crippen LogP contribution >= 0.6 is 0 Å². The van der Waals surface area contributed by atoms with E-state index in [4.69, 9.17) is 9.47 Å². The normalized spacial score (nSPS) is 17.1. The molecule has 0 atom stereocenters. The van der Waals surface area contributed by atoms with Gasteiger partial charge in [-0.2, -0.15) is 0 Å². The van der Waals surface area contributed by atoms with Crippen LogP contribution in [0.25, 0.3) is 6.08 Å². The number of fused-ring (bicyclic) bond motifs is 1. The topological polar surface area (TPSA) is 59.1 Å². The summed E-state index contributed by atoms with van der Waals surface area (Å²) in [6, 6.07) is 5.56. The van der Waals surface area contributed by atoms with Gasteiger partial charge in [0.25, 0.3) is 0 Å². The number of benzene rings is 1. The molecular formula is C16H18N2O4. The molecule has 2 heterocycles. The number of hydrogen-bond acceptors (Lipinski definition) is 4. The highest BCUT2D eigenvalue weighted by Crippen LogP contribution is 2.32. The molecule has 0 saturated carbocycles. The molecule has 0 aliphatic carbocycles. The first kappa shape index (κ1) is 14.4. The molecule has 1 fully saturated rings. The van der Waals surface area contributed by atoms with Gasteiger partial charge in [0.2, 0.25) is 18.6 Å². The molecule has 2 aliphatic rings. The fourth-order valence-corrected chi connectivity index (χ4v) is 2.53. The van der Waals surface area contributed by atoms with E-state index < -0.39 is 0 Å². The number of nitrogens with zero attached hydrogens (tertiary/aromatic N) is 2. The lowest BCUT2D eigenvalue weighted by Gasteiger charge is -2.33. The van der Waals surface area contributed by atoms with Gasteiger partial charge in [-0.3, -0.25) is 9.59 Å². The molecule has 0 spiro atoms. The minimum Gasteiger partial charge on any atom is -0.454 e. The highest BCUT2D eigenvalue weighted by Gasteiger charge is 2.20. The number of carbonyl (C=O) groups is 2. The molecule has 1 aromatic rings. The third kappa shape index (κ3) is 3.05. The van der Waals surface area contributed by atoms with E-state index in [1.165, 1.54) is 0 Å². The Morgan fingerprint density at radius 1 is 1.05 bits per heavy atom. The van der Waals surface area contributed by atoms with Crippen molar-refractivity contribution in [3.8, 4) is 11.5 Å². The molecule has 0 radical (unpaired) electrons. The van der Waals surface area contributed by atoms with Gasteiger partial charge in [0.05, 0.1) is 0 Å². The molecule has 0 unspecified atom stereocenters. The van der Waals surface area contributed by atoms with E-state index in [0.717, 1.165) is 11.3 Å². The summed E-state index contributed by atoms with van der Waals surface area (Å²) in [4.78, 5) is 26.9. The Bertz CT molecular complexity index is 619. The smallest absolute Gasteiger partial charge is 0.246 e. The third-order valence-corrected chi connectivity index (χ3v) is 3.85. The molecule has 3 rings (SSSR count). The summed E-state index contributed by atoms with van der Waals surface area (Å²) >= 11 is 0. The Balaban J connectivity index is 1.59. The van der Waals surface area contributed by atoms with Crippen LogP contribution in [0.2, 0.25) is 0 Å². The summed E-state index contributed by atoms with van der Waals surface area (Å²) in [6.45, 7) is 4.13. The molecule has 2 aliphatic heterocycles.